The van der Waals surface area contributed by atoms with E-state index in [0.717, 1.165) is 44.0 Å². The number of thioether (sulfide) groups is 1. The molecule has 3 rings (SSSR count). The molecule has 0 aromatic rings. The van der Waals surface area contributed by atoms with Gasteiger partial charge in [-0.25, -0.2) is 0 Å². The summed E-state index contributed by atoms with van der Waals surface area (Å²) in [5.74, 6) is 0. The summed E-state index contributed by atoms with van der Waals surface area (Å²) in [6.45, 7) is 6.89. The van der Waals surface area contributed by atoms with Crippen LogP contribution >= 0.6 is 11.8 Å². The van der Waals surface area contributed by atoms with Crippen LogP contribution in [0.5, 0.6) is 0 Å². The third-order valence-electron chi connectivity index (χ3n) is 6.47. The highest BCUT2D eigenvalue weighted by atomic mass is 32.2. The summed E-state index contributed by atoms with van der Waals surface area (Å²) in [7, 11) is 5.33. The number of allylic oxidation sites excluding steroid dienone is 2. The largest absolute Gasteiger partial charge is 0.413 e. The van der Waals surface area contributed by atoms with Gasteiger partial charge in [-0.15, -0.1) is 0 Å². The number of halogens is 3. The summed E-state index contributed by atoms with van der Waals surface area (Å²) < 4.78 is 41.1. The Kier molecular flexibility index (Phi) is 10.2. The Balaban J connectivity index is 0.00000199. The molecule has 0 bridgehead atoms. The Bertz CT molecular complexity index is 741. The van der Waals surface area contributed by atoms with Crippen LogP contribution in [-0.2, 0) is 0 Å². The van der Waals surface area contributed by atoms with Crippen molar-refractivity contribution in [2.75, 3.05) is 27.7 Å². The van der Waals surface area contributed by atoms with Crippen molar-refractivity contribution in [3.05, 3.63) is 34.5 Å². The van der Waals surface area contributed by atoms with E-state index in [-0.39, 0.29) is 28.9 Å². The first kappa shape index (κ1) is 28.8. The number of nitrogens with zero attached hydrogens (tertiary/aromatic N) is 3. The van der Waals surface area contributed by atoms with Gasteiger partial charge in [0.2, 0.25) is 0 Å². The molecule has 0 radical (unpaired) electrons. The molecular weight excluding hydrogens is 463 g/mol. The molecule has 0 aromatic heterocycles. The van der Waals surface area contributed by atoms with Crippen LogP contribution in [0.2, 0.25) is 0 Å². The number of rotatable bonds is 4. The van der Waals surface area contributed by atoms with Gasteiger partial charge < -0.3 is 31.9 Å². The van der Waals surface area contributed by atoms with Crippen molar-refractivity contribution in [1.82, 2.24) is 25.3 Å². The maximum Gasteiger partial charge on any atom is 0.413 e. The van der Waals surface area contributed by atoms with Crippen molar-refractivity contribution in [3.63, 3.8) is 0 Å². The maximum atomic E-state index is 13.7. The Hall–Kier alpha value is -1.40. The zero-order valence-corrected chi connectivity index (χ0v) is 22.0. The fraction of sp³-hybridized carbons (Fsp3) is 0.739. The van der Waals surface area contributed by atoms with E-state index in [2.05, 4.69) is 22.5 Å². The van der Waals surface area contributed by atoms with Crippen molar-refractivity contribution < 1.29 is 13.2 Å². The SMILES string of the molecule is CC.CN1C=CC=C(SC2=CNC(N)C(N(C)C3CCCC(C)(N)CCN3)N2C)C1C(F)(F)F. The second kappa shape index (κ2) is 12.0. The Morgan fingerprint density at radius 2 is 1.91 bits per heavy atom. The molecule has 196 valence electrons. The van der Waals surface area contributed by atoms with Crippen LogP contribution in [0.3, 0.4) is 0 Å². The highest BCUT2D eigenvalue weighted by Crippen LogP contribution is 2.41. The Morgan fingerprint density at radius 3 is 2.56 bits per heavy atom. The second-order valence-electron chi connectivity index (χ2n) is 9.25. The topological polar surface area (TPSA) is 85.8 Å². The standard InChI is InChI=1S/C21H36F3N7S.C2H6/c1-20(26)9-5-8-15(27-11-10-20)30(3)19-18(25)28-13-16(31(19)4)32-14-7-6-12-29(2)17(14)21(22,23)24;1-2/h6-7,12-13,15,17-19,27-28H,5,8-11,25-26H2,1-4H3;1-2H3. The fourth-order valence-corrected chi connectivity index (χ4v) is 5.77. The monoisotopic (exact) mass is 505 g/mol. The van der Waals surface area contributed by atoms with Crippen LogP contribution in [0.4, 0.5) is 13.2 Å². The molecule has 1 fully saturated rings. The molecule has 6 N–H and O–H groups in total. The second-order valence-corrected chi connectivity index (χ2v) is 10.3. The number of nitrogens with one attached hydrogen (secondary N) is 2. The minimum Gasteiger partial charge on any atom is -0.371 e. The number of hydrogen-bond acceptors (Lipinski definition) is 8. The Morgan fingerprint density at radius 1 is 1.24 bits per heavy atom. The molecule has 3 aliphatic rings. The average molecular weight is 506 g/mol. The Labute approximate surface area is 206 Å². The molecule has 3 aliphatic heterocycles. The number of likely N-dealkylation sites (N-methyl/N-ethyl adjacent to an activating group) is 3. The quantitative estimate of drug-likeness (QED) is 0.464. The minimum atomic E-state index is -4.37. The van der Waals surface area contributed by atoms with Crippen LogP contribution in [0.15, 0.2) is 34.5 Å². The molecule has 0 saturated carbocycles. The van der Waals surface area contributed by atoms with Gasteiger partial charge in [0.15, 0.2) is 6.04 Å². The molecule has 0 aromatic carbocycles. The van der Waals surface area contributed by atoms with Gasteiger partial charge in [0.25, 0.3) is 0 Å². The van der Waals surface area contributed by atoms with Gasteiger partial charge in [-0.05, 0) is 64.6 Å². The van der Waals surface area contributed by atoms with Gasteiger partial charge in [-0.3, -0.25) is 4.90 Å². The van der Waals surface area contributed by atoms with E-state index >= 15 is 0 Å². The van der Waals surface area contributed by atoms with Gasteiger partial charge in [0.1, 0.15) is 12.3 Å². The zero-order valence-electron chi connectivity index (χ0n) is 21.2. The molecule has 0 amide bonds. The molecule has 5 unspecified atom stereocenters. The summed E-state index contributed by atoms with van der Waals surface area (Å²) in [5, 5.41) is 7.42. The maximum absolute atomic E-state index is 13.7. The number of hydrogen-bond donors (Lipinski definition) is 4. The lowest BCUT2D eigenvalue weighted by Crippen LogP contribution is -2.66. The smallest absolute Gasteiger partial charge is 0.371 e. The number of nitrogens with two attached hydrogens (primary N) is 2. The highest BCUT2D eigenvalue weighted by molar-refractivity contribution is 8.06. The molecule has 0 aliphatic carbocycles. The average Bonchev–Trinajstić information content (AvgIpc) is 2.73. The fourth-order valence-electron chi connectivity index (χ4n) is 4.59. The lowest BCUT2D eigenvalue weighted by Gasteiger charge is -2.47. The van der Waals surface area contributed by atoms with Crippen molar-refractivity contribution in [1.29, 1.82) is 0 Å². The van der Waals surface area contributed by atoms with Gasteiger partial charge >= 0.3 is 6.18 Å². The summed E-state index contributed by atoms with van der Waals surface area (Å²) in [6.07, 6.45) is 5.19. The molecule has 11 heteroatoms. The molecule has 34 heavy (non-hydrogen) atoms. The van der Waals surface area contributed by atoms with E-state index < -0.39 is 12.2 Å². The predicted octanol–water partition coefficient (Wildman–Crippen LogP) is 3.10. The third-order valence-corrected chi connectivity index (χ3v) is 7.68. The minimum absolute atomic E-state index is 0.0987. The van der Waals surface area contributed by atoms with Crippen LogP contribution in [0, 0.1) is 0 Å². The van der Waals surface area contributed by atoms with Crippen LogP contribution in [0.25, 0.3) is 0 Å². The molecule has 1 saturated heterocycles. The van der Waals surface area contributed by atoms with Gasteiger partial charge in [0.05, 0.1) is 11.2 Å². The molecule has 5 atom stereocenters. The van der Waals surface area contributed by atoms with Gasteiger partial charge in [-0.2, -0.15) is 13.2 Å². The van der Waals surface area contributed by atoms with E-state index in [4.69, 9.17) is 11.5 Å². The van der Waals surface area contributed by atoms with Gasteiger partial charge in [0, 0.05) is 30.7 Å². The van der Waals surface area contributed by atoms with Crippen molar-refractivity contribution in [3.8, 4) is 0 Å². The van der Waals surface area contributed by atoms with Gasteiger partial charge in [-0.1, -0.05) is 25.6 Å². The third kappa shape index (κ3) is 7.07. The summed E-state index contributed by atoms with van der Waals surface area (Å²) in [5.41, 5.74) is 12.6. The van der Waals surface area contributed by atoms with Crippen molar-refractivity contribution >= 4 is 11.8 Å². The van der Waals surface area contributed by atoms with Crippen LogP contribution < -0.4 is 22.1 Å². The summed E-state index contributed by atoms with van der Waals surface area (Å²) in [4.78, 5) is 5.56. The molecule has 0 spiro atoms. The molecular formula is C23H42F3N7S. The van der Waals surface area contributed by atoms with Crippen LogP contribution in [0.1, 0.15) is 46.5 Å². The normalized spacial score (nSPS) is 32.7. The van der Waals surface area contributed by atoms with E-state index in [1.165, 1.54) is 24.2 Å². The first-order valence-corrected chi connectivity index (χ1v) is 12.8. The first-order chi connectivity index (χ1) is 15.9. The molecule has 7 nitrogen and oxygen atoms in total. The van der Waals surface area contributed by atoms with Crippen LogP contribution in [-0.4, -0.2) is 78.6 Å². The van der Waals surface area contributed by atoms with E-state index in [0.29, 0.717) is 5.03 Å². The number of alkyl halides is 3. The first-order valence-electron chi connectivity index (χ1n) is 11.9. The highest BCUT2D eigenvalue weighted by Gasteiger charge is 2.46. The van der Waals surface area contributed by atoms with E-state index in [9.17, 15) is 13.2 Å². The zero-order chi connectivity index (χ0) is 25.7. The predicted molar refractivity (Wildman–Crippen MR) is 135 cm³/mol. The summed E-state index contributed by atoms with van der Waals surface area (Å²) >= 11 is 1.12. The lowest BCUT2D eigenvalue weighted by atomic mass is 9.90. The molecule has 3 heterocycles. The summed E-state index contributed by atoms with van der Waals surface area (Å²) in [6, 6.07) is -1.67. The lowest BCUT2D eigenvalue weighted by molar-refractivity contribution is -0.162. The van der Waals surface area contributed by atoms with E-state index in [1.54, 1.807) is 12.3 Å². The van der Waals surface area contributed by atoms with Crippen molar-refractivity contribution in [2.45, 2.75) is 82.7 Å². The van der Waals surface area contributed by atoms with E-state index in [1.807, 2.05) is 32.8 Å². The van der Waals surface area contributed by atoms with Crippen molar-refractivity contribution in [2.24, 2.45) is 11.5 Å².